The van der Waals surface area contributed by atoms with Gasteiger partial charge in [-0.25, -0.2) is 39.9 Å². The van der Waals surface area contributed by atoms with Gasteiger partial charge in [0.05, 0.1) is 67.6 Å². The lowest BCUT2D eigenvalue weighted by atomic mass is 9.94. The molecular formula is C122H78N10. The van der Waals surface area contributed by atoms with Gasteiger partial charge in [0.2, 0.25) is 0 Å². The topological polar surface area (TPSA) is 129 Å². The molecule has 10 heteroatoms. The average Bonchev–Trinajstić information content (AvgIpc) is 0.765. The molecule has 24 aromatic rings. The number of hydrogen-bond acceptors (Lipinski definition) is 10. The molecule has 8 heterocycles. The Morgan fingerprint density at radius 2 is 0.409 bits per heavy atom. The maximum Gasteiger partial charge on any atom is 0.160 e. The van der Waals surface area contributed by atoms with Crippen LogP contribution in [0.1, 0.15) is 0 Å². The zero-order chi connectivity index (χ0) is 87.6. The van der Waals surface area contributed by atoms with Crippen LogP contribution in [0.5, 0.6) is 0 Å². The summed E-state index contributed by atoms with van der Waals surface area (Å²) in [5.41, 5.74) is 34.2. The molecule has 0 unspecified atom stereocenters. The van der Waals surface area contributed by atoms with Crippen LogP contribution in [-0.2, 0) is 0 Å². The summed E-state index contributed by atoms with van der Waals surface area (Å²) >= 11 is 0. The lowest BCUT2D eigenvalue weighted by Crippen LogP contribution is -1.96. The second-order valence-electron chi connectivity index (χ2n) is 33.0. The summed E-state index contributed by atoms with van der Waals surface area (Å²) in [6, 6.07) is 157. The van der Waals surface area contributed by atoms with E-state index in [0.29, 0.717) is 11.6 Å². The van der Waals surface area contributed by atoms with E-state index < -0.39 is 0 Å². The summed E-state index contributed by atoms with van der Waals surface area (Å²) in [6.07, 6.45) is 7.53. The van der Waals surface area contributed by atoms with Gasteiger partial charge >= 0.3 is 0 Å². The van der Waals surface area contributed by atoms with Crippen molar-refractivity contribution in [2.45, 2.75) is 0 Å². The minimum atomic E-state index is 0.666. The SMILES string of the molecule is c1ccc(-c2cc(-c3cccc(-c4ccc(-c5cc(-c6ccccc6)nc6c5ccc5ccc(-c7ccccc7)nc56)cc4)c3)nc(-c3cccc(-c4cccc5cnccc45)c3)n2)cc1.c1ccc(-c2cc(-c3cccc(-c4cccc5cnccc45)c3)nc(-c3cccc(-c4ccc(-c5cc(-c6ccccc6)nc6c5ccc5ccc(-c7ccccc7)nc56)cc4)c3)n2)cc1. The molecule has 0 aliphatic carbocycles. The Bertz CT molecular complexity index is 7970. The fourth-order valence-electron chi connectivity index (χ4n) is 18.0. The predicted octanol–water partition coefficient (Wildman–Crippen LogP) is 30.9. The van der Waals surface area contributed by atoms with E-state index >= 15 is 0 Å². The molecule has 8 aromatic heterocycles. The molecule has 132 heavy (non-hydrogen) atoms. The van der Waals surface area contributed by atoms with Crippen LogP contribution in [-0.4, -0.2) is 49.8 Å². The number of fused-ring (bicyclic) bond motifs is 8. The minimum absolute atomic E-state index is 0.666. The van der Waals surface area contributed by atoms with Crippen LogP contribution < -0.4 is 0 Å². The van der Waals surface area contributed by atoms with Gasteiger partial charge in [0.15, 0.2) is 11.6 Å². The van der Waals surface area contributed by atoms with Crippen molar-refractivity contribution < 1.29 is 0 Å². The van der Waals surface area contributed by atoms with E-state index in [9.17, 15) is 0 Å². The molecule has 0 saturated heterocycles. The highest BCUT2D eigenvalue weighted by molar-refractivity contribution is 6.12. The third-order valence-electron chi connectivity index (χ3n) is 24.7. The van der Waals surface area contributed by atoms with Crippen molar-refractivity contribution in [3.63, 3.8) is 0 Å². The number of hydrogen-bond donors (Lipinski definition) is 0. The van der Waals surface area contributed by atoms with E-state index in [1.807, 2.05) is 73.3 Å². The summed E-state index contributed by atoms with van der Waals surface area (Å²) in [5, 5.41) is 8.76. The first-order valence-corrected chi connectivity index (χ1v) is 44.3. The van der Waals surface area contributed by atoms with Crippen molar-refractivity contribution in [3.05, 3.63) is 474 Å². The van der Waals surface area contributed by atoms with Crippen LogP contribution in [0.3, 0.4) is 0 Å². The molecule has 16 aromatic carbocycles. The maximum absolute atomic E-state index is 5.30. The van der Waals surface area contributed by atoms with Crippen LogP contribution in [0, 0.1) is 0 Å². The molecule has 10 nitrogen and oxygen atoms in total. The molecule has 0 N–H and O–H groups in total. The van der Waals surface area contributed by atoms with Gasteiger partial charge < -0.3 is 0 Å². The Balaban J connectivity index is 0.000000150. The van der Waals surface area contributed by atoms with Gasteiger partial charge in [-0.3, -0.25) is 9.97 Å². The number of pyridine rings is 6. The highest BCUT2D eigenvalue weighted by Crippen LogP contribution is 2.43. The largest absolute Gasteiger partial charge is 0.264 e. The molecule has 0 aliphatic rings. The van der Waals surface area contributed by atoms with Crippen LogP contribution >= 0.6 is 0 Å². The zero-order valence-electron chi connectivity index (χ0n) is 71.5. The van der Waals surface area contributed by atoms with Gasteiger partial charge in [-0.1, -0.05) is 376 Å². The van der Waals surface area contributed by atoms with Crippen molar-refractivity contribution >= 4 is 65.2 Å². The van der Waals surface area contributed by atoms with E-state index in [-0.39, 0.29) is 0 Å². The van der Waals surface area contributed by atoms with Crippen LogP contribution in [0.2, 0.25) is 0 Å². The minimum Gasteiger partial charge on any atom is -0.264 e. The molecule has 0 spiro atoms. The van der Waals surface area contributed by atoms with E-state index in [1.54, 1.807) is 0 Å². The first-order chi connectivity index (χ1) is 65.4. The van der Waals surface area contributed by atoms with Crippen molar-refractivity contribution in [2.75, 3.05) is 0 Å². The van der Waals surface area contributed by atoms with Crippen molar-refractivity contribution in [1.82, 2.24) is 49.8 Å². The number of benzene rings is 16. The van der Waals surface area contributed by atoms with Crippen molar-refractivity contribution in [3.8, 4) is 180 Å². The number of aromatic nitrogens is 10. The zero-order valence-corrected chi connectivity index (χ0v) is 71.5. The van der Waals surface area contributed by atoms with Gasteiger partial charge in [0.25, 0.3) is 0 Å². The fraction of sp³-hybridized carbons (Fsp3) is 0. The van der Waals surface area contributed by atoms with E-state index in [0.717, 1.165) is 233 Å². The van der Waals surface area contributed by atoms with Gasteiger partial charge in [-0.2, -0.15) is 0 Å². The summed E-state index contributed by atoms with van der Waals surface area (Å²) in [7, 11) is 0. The molecule has 0 aliphatic heterocycles. The average molecular weight is 1680 g/mol. The first kappa shape index (κ1) is 78.8. The molecule has 0 bridgehead atoms. The van der Waals surface area contributed by atoms with E-state index in [2.05, 4.69) is 410 Å². The molecule has 0 radical (unpaired) electrons. The number of nitrogens with zero attached hydrogens (tertiary/aromatic N) is 10. The quantitative estimate of drug-likeness (QED) is 0.0862. The van der Waals surface area contributed by atoms with E-state index in [4.69, 9.17) is 39.9 Å². The summed E-state index contributed by atoms with van der Waals surface area (Å²) in [5.74, 6) is 1.34. The molecule has 0 fully saturated rings. The first-order valence-electron chi connectivity index (χ1n) is 44.3. The maximum atomic E-state index is 5.30. The summed E-state index contributed by atoms with van der Waals surface area (Å²) in [4.78, 5) is 50.6. The lowest BCUT2D eigenvalue weighted by Gasteiger charge is -2.14. The second-order valence-corrected chi connectivity index (χ2v) is 33.0. The number of rotatable bonds is 16. The van der Waals surface area contributed by atoms with Crippen LogP contribution in [0.15, 0.2) is 474 Å². The summed E-state index contributed by atoms with van der Waals surface area (Å²) < 4.78 is 0. The van der Waals surface area contributed by atoms with Crippen LogP contribution in [0.4, 0.5) is 0 Å². The predicted molar refractivity (Wildman–Crippen MR) is 543 cm³/mol. The molecule has 0 saturated carbocycles. The Morgan fingerprint density at radius 3 is 0.795 bits per heavy atom. The molecular weight excluding hydrogens is 1610 g/mol. The van der Waals surface area contributed by atoms with Crippen LogP contribution in [0.25, 0.3) is 245 Å². The van der Waals surface area contributed by atoms with Gasteiger partial charge in [-0.15, -0.1) is 0 Å². The second kappa shape index (κ2) is 34.8. The normalized spacial score (nSPS) is 11.3. The standard InChI is InChI=1S/2C61H39N5/c1-4-13-42(14-5-1)55-32-30-45-29-31-53-54(37-56(43-15-6-2-7-16-43)64-60(53)59(45)63-55)41-27-25-40(26-28-41)46-19-10-22-49(35-46)61-65-57(44-17-8-3-9-18-44)38-58(66-61)48-21-11-20-47(36-48)51-24-12-23-50-39-62-34-33-52(50)51;1-4-13-42(14-5-1)55-32-30-45-29-31-53-54(37-56(43-15-6-2-7-16-43)64-60(53)59(45)63-55)41-27-25-40(26-28-41)46-19-10-21-48(35-46)58-38-57(44-17-8-3-9-18-44)65-61(66-58)49-22-11-20-47(36-49)51-24-12-23-50-39-62-34-33-52(50)51/h2*1-39H. The smallest absolute Gasteiger partial charge is 0.160 e. The van der Waals surface area contributed by atoms with E-state index in [1.165, 1.54) is 0 Å². The van der Waals surface area contributed by atoms with Gasteiger partial charge in [0.1, 0.15) is 0 Å². The summed E-state index contributed by atoms with van der Waals surface area (Å²) in [6.45, 7) is 0. The highest BCUT2D eigenvalue weighted by Gasteiger charge is 2.22. The molecule has 616 valence electrons. The monoisotopic (exact) mass is 1680 g/mol. The Morgan fingerprint density at radius 1 is 0.129 bits per heavy atom. The van der Waals surface area contributed by atoms with Crippen molar-refractivity contribution in [2.24, 2.45) is 0 Å². The third kappa shape index (κ3) is 15.8. The Labute approximate surface area is 763 Å². The lowest BCUT2D eigenvalue weighted by molar-refractivity contribution is 1.18. The Hall–Kier alpha value is -17.9. The molecule has 0 amide bonds. The highest BCUT2D eigenvalue weighted by atomic mass is 14.9. The third-order valence-corrected chi connectivity index (χ3v) is 24.7. The van der Waals surface area contributed by atoms with Crippen molar-refractivity contribution in [1.29, 1.82) is 0 Å². The Kier molecular flexibility index (Phi) is 20.8. The fourth-order valence-corrected chi connectivity index (χ4v) is 18.0. The van der Waals surface area contributed by atoms with Gasteiger partial charge in [-0.05, 0) is 150 Å². The molecule has 0 atom stereocenters. The molecule has 24 rings (SSSR count). The van der Waals surface area contributed by atoms with Gasteiger partial charge in [0, 0.05) is 113 Å².